The molecule has 1 aliphatic heterocycles. The van der Waals surface area contributed by atoms with E-state index in [1.54, 1.807) is 0 Å². The highest BCUT2D eigenvalue weighted by atomic mass is 35.5. The van der Waals surface area contributed by atoms with Crippen molar-refractivity contribution in [1.82, 2.24) is 10.6 Å². The van der Waals surface area contributed by atoms with Crippen LogP contribution in [0, 0.1) is 11.8 Å². The van der Waals surface area contributed by atoms with Gasteiger partial charge in [-0.3, -0.25) is 4.79 Å². The van der Waals surface area contributed by atoms with E-state index in [0.717, 1.165) is 19.5 Å². The van der Waals surface area contributed by atoms with Crippen molar-refractivity contribution in [3.05, 3.63) is 0 Å². The summed E-state index contributed by atoms with van der Waals surface area (Å²) < 4.78 is 0. The quantitative estimate of drug-likeness (QED) is 0.669. The fourth-order valence-corrected chi connectivity index (χ4v) is 2.48. The summed E-state index contributed by atoms with van der Waals surface area (Å²) in [6.07, 6.45) is 4.18. The molecule has 0 aliphatic carbocycles. The van der Waals surface area contributed by atoms with Crippen molar-refractivity contribution in [3.63, 3.8) is 0 Å². The number of hydrogen-bond acceptors (Lipinski definition) is 3. The molecule has 0 spiro atoms. The molecule has 114 valence electrons. The lowest BCUT2D eigenvalue weighted by Gasteiger charge is -2.28. The molecular formula is C14H29ClN2O2. The lowest BCUT2D eigenvalue weighted by Crippen LogP contribution is -2.36. The SMILES string of the molecule is CCC(O)CCNC(=O)CC(C)C1CCCNC1.Cl. The van der Waals surface area contributed by atoms with Gasteiger partial charge in [-0.05, 0) is 50.6 Å². The van der Waals surface area contributed by atoms with Gasteiger partial charge in [0.05, 0.1) is 6.10 Å². The van der Waals surface area contributed by atoms with Crippen molar-refractivity contribution in [2.24, 2.45) is 11.8 Å². The van der Waals surface area contributed by atoms with Gasteiger partial charge in [0.15, 0.2) is 0 Å². The van der Waals surface area contributed by atoms with Gasteiger partial charge >= 0.3 is 0 Å². The third-order valence-corrected chi connectivity index (χ3v) is 3.92. The Balaban J connectivity index is 0.00000324. The Labute approximate surface area is 123 Å². The summed E-state index contributed by atoms with van der Waals surface area (Å²) >= 11 is 0. The smallest absolute Gasteiger partial charge is 0.220 e. The molecule has 1 fully saturated rings. The standard InChI is InChI=1S/C14H28N2O2.ClH/c1-3-13(17)6-8-16-14(18)9-11(2)12-5-4-7-15-10-12;/h11-13,15,17H,3-10H2,1-2H3,(H,16,18);1H. The Hall–Kier alpha value is -0.320. The number of rotatable bonds is 7. The molecule has 3 N–H and O–H groups in total. The minimum absolute atomic E-state index is 0. The van der Waals surface area contributed by atoms with Crippen LogP contribution in [0.15, 0.2) is 0 Å². The van der Waals surface area contributed by atoms with Gasteiger partial charge < -0.3 is 15.7 Å². The molecule has 0 aromatic carbocycles. The van der Waals surface area contributed by atoms with Crippen molar-refractivity contribution in [1.29, 1.82) is 0 Å². The molecule has 3 atom stereocenters. The summed E-state index contributed by atoms with van der Waals surface area (Å²) in [6, 6.07) is 0. The van der Waals surface area contributed by atoms with Crippen LogP contribution < -0.4 is 10.6 Å². The third kappa shape index (κ3) is 7.75. The summed E-state index contributed by atoms with van der Waals surface area (Å²) in [5.74, 6) is 1.19. The molecule has 5 heteroatoms. The first-order valence-corrected chi connectivity index (χ1v) is 7.29. The topological polar surface area (TPSA) is 61.4 Å². The molecule has 1 heterocycles. The summed E-state index contributed by atoms with van der Waals surface area (Å²) in [5, 5.41) is 15.7. The van der Waals surface area contributed by atoms with E-state index in [1.165, 1.54) is 12.8 Å². The van der Waals surface area contributed by atoms with Gasteiger partial charge in [0.2, 0.25) is 5.91 Å². The van der Waals surface area contributed by atoms with Crippen LogP contribution in [0.2, 0.25) is 0 Å². The van der Waals surface area contributed by atoms with Crippen molar-refractivity contribution in [2.75, 3.05) is 19.6 Å². The maximum absolute atomic E-state index is 11.8. The number of aliphatic hydroxyl groups excluding tert-OH is 1. The number of carbonyl (C=O) groups excluding carboxylic acids is 1. The Morgan fingerprint density at radius 1 is 1.53 bits per heavy atom. The van der Waals surface area contributed by atoms with Gasteiger partial charge in [-0.15, -0.1) is 12.4 Å². The van der Waals surface area contributed by atoms with Crippen LogP contribution in [0.1, 0.15) is 46.0 Å². The van der Waals surface area contributed by atoms with Crippen molar-refractivity contribution >= 4 is 18.3 Å². The highest BCUT2D eigenvalue weighted by Crippen LogP contribution is 2.22. The van der Waals surface area contributed by atoms with Crippen molar-refractivity contribution < 1.29 is 9.90 Å². The zero-order valence-electron chi connectivity index (χ0n) is 12.2. The Morgan fingerprint density at radius 3 is 2.84 bits per heavy atom. The van der Waals surface area contributed by atoms with Crippen LogP contribution in [0.5, 0.6) is 0 Å². The summed E-state index contributed by atoms with van der Waals surface area (Å²) in [4.78, 5) is 11.8. The van der Waals surface area contributed by atoms with Crippen LogP contribution in [0.25, 0.3) is 0 Å². The first kappa shape index (κ1) is 18.7. The first-order valence-electron chi connectivity index (χ1n) is 7.29. The summed E-state index contributed by atoms with van der Waals surface area (Å²) in [5.41, 5.74) is 0. The number of hydrogen-bond donors (Lipinski definition) is 3. The van der Waals surface area contributed by atoms with Gasteiger partial charge in [0.1, 0.15) is 0 Å². The molecule has 0 aromatic rings. The normalized spacial score (nSPS) is 22.2. The number of nitrogens with one attached hydrogen (secondary N) is 2. The van der Waals surface area contributed by atoms with Crippen molar-refractivity contribution in [3.8, 4) is 0 Å². The number of piperidine rings is 1. The average Bonchev–Trinajstić information content (AvgIpc) is 2.39. The zero-order valence-corrected chi connectivity index (χ0v) is 13.0. The van der Waals surface area contributed by atoms with Crippen LogP contribution >= 0.6 is 12.4 Å². The summed E-state index contributed by atoms with van der Waals surface area (Å²) in [7, 11) is 0. The molecule has 0 saturated carbocycles. The number of aliphatic hydroxyl groups is 1. The number of halogens is 1. The van der Waals surface area contributed by atoms with Crippen LogP contribution in [0.4, 0.5) is 0 Å². The Bertz CT molecular complexity index is 246. The summed E-state index contributed by atoms with van der Waals surface area (Å²) in [6.45, 7) is 6.86. The van der Waals surface area contributed by atoms with E-state index < -0.39 is 0 Å². The zero-order chi connectivity index (χ0) is 13.4. The number of amides is 1. The van der Waals surface area contributed by atoms with E-state index in [9.17, 15) is 9.90 Å². The number of carbonyl (C=O) groups is 1. The van der Waals surface area contributed by atoms with Gasteiger partial charge in [-0.1, -0.05) is 13.8 Å². The first-order chi connectivity index (χ1) is 8.63. The van der Waals surface area contributed by atoms with E-state index in [0.29, 0.717) is 31.2 Å². The lowest BCUT2D eigenvalue weighted by molar-refractivity contribution is -0.122. The fraction of sp³-hybridized carbons (Fsp3) is 0.929. The predicted molar refractivity (Wildman–Crippen MR) is 80.5 cm³/mol. The molecular weight excluding hydrogens is 264 g/mol. The minimum atomic E-state index is -0.287. The van der Waals surface area contributed by atoms with Crippen molar-refractivity contribution in [2.45, 2.75) is 52.1 Å². The monoisotopic (exact) mass is 292 g/mol. The van der Waals surface area contributed by atoms with Crippen LogP contribution in [0.3, 0.4) is 0 Å². The molecule has 0 radical (unpaired) electrons. The minimum Gasteiger partial charge on any atom is -0.393 e. The van der Waals surface area contributed by atoms with E-state index in [4.69, 9.17) is 0 Å². The molecule has 1 saturated heterocycles. The molecule has 1 rings (SSSR count). The Kier molecular flexibility index (Phi) is 10.3. The van der Waals surface area contributed by atoms with Crippen LogP contribution in [-0.2, 0) is 4.79 Å². The second kappa shape index (κ2) is 10.5. The van der Waals surface area contributed by atoms with E-state index >= 15 is 0 Å². The molecule has 1 aliphatic rings. The van der Waals surface area contributed by atoms with Gasteiger partial charge in [-0.25, -0.2) is 0 Å². The van der Waals surface area contributed by atoms with Gasteiger partial charge in [0, 0.05) is 13.0 Å². The maximum Gasteiger partial charge on any atom is 0.220 e. The molecule has 0 bridgehead atoms. The molecule has 0 aromatic heterocycles. The highest BCUT2D eigenvalue weighted by Gasteiger charge is 2.21. The van der Waals surface area contributed by atoms with E-state index in [1.807, 2.05) is 6.92 Å². The average molecular weight is 293 g/mol. The molecule has 19 heavy (non-hydrogen) atoms. The van der Waals surface area contributed by atoms with Crippen LogP contribution in [-0.4, -0.2) is 36.8 Å². The fourth-order valence-electron chi connectivity index (χ4n) is 2.48. The second-order valence-corrected chi connectivity index (χ2v) is 5.49. The van der Waals surface area contributed by atoms with E-state index in [-0.39, 0.29) is 24.4 Å². The molecule has 4 nitrogen and oxygen atoms in total. The third-order valence-electron chi connectivity index (χ3n) is 3.92. The van der Waals surface area contributed by atoms with E-state index in [2.05, 4.69) is 17.6 Å². The lowest BCUT2D eigenvalue weighted by atomic mass is 9.85. The Morgan fingerprint density at radius 2 is 2.26 bits per heavy atom. The highest BCUT2D eigenvalue weighted by molar-refractivity contribution is 5.85. The van der Waals surface area contributed by atoms with Gasteiger partial charge in [-0.2, -0.15) is 0 Å². The maximum atomic E-state index is 11.8. The largest absolute Gasteiger partial charge is 0.393 e. The molecule has 1 amide bonds. The van der Waals surface area contributed by atoms with Gasteiger partial charge in [0.25, 0.3) is 0 Å². The second-order valence-electron chi connectivity index (χ2n) is 5.49. The predicted octanol–water partition coefficient (Wildman–Crippen LogP) is 1.71. The molecule has 3 unspecified atom stereocenters.